The normalized spacial score (nSPS) is 11.2. The number of pyridine rings is 1. The molecule has 5 nitrogen and oxygen atoms in total. The minimum Gasteiger partial charge on any atom is -0.477 e. The van der Waals surface area contributed by atoms with E-state index in [9.17, 15) is 22.8 Å². The molecule has 0 unspecified atom stereocenters. The van der Waals surface area contributed by atoms with E-state index in [0.29, 0.717) is 6.20 Å². The number of hydrogen-bond donors (Lipinski definition) is 2. The average molecular weight is 349 g/mol. The zero-order chi connectivity index (χ0) is 12.5. The van der Waals surface area contributed by atoms with Gasteiger partial charge >= 0.3 is 12.3 Å². The van der Waals surface area contributed by atoms with Gasteiger partial charge in [0.15, 0.2) is 5.75 Å². The largest absolute Gasteiger partial charge is 0.573 e. The van der Waals surface area contributed by atoms with Crippen molar-refractivity contribution in [2.24, 2.45) is 0 Å². The number of hydrogen-bond acceptors (Lipinski definition) is 3. The third-order valence-corrected chi connectivity index (χ3v) is 2.51. The van der Waals surface area contributed by atoms with Crippen molar-refractivity contribution >= 4 is 28.6 Å². The summed E-state index contributed by atoms with van der Waals surface area (Å²) >= 11 is 1.30. The van der Waals surface area contributed by atoms with Crippen molar-refractivity contribution in [2.75, 3.05) is 0 Å². The van der Waals surface area contributed by atoms with Crippen LogP contribution in [0.3, 0.4) is 0 Å². The Morgan fingerprint density at radius 1 is 1.50 bits per heavy atom. The zero-order valence-electron chi connectivity index (χ0n) is 7.26. The molecule has 0 saturated heterocycles. The SMILES string of the molecule is O=C(O)c1c(I)c(OC(F)(F)F)c[nH]c1=O. The predicted molar refractivity (Wildman–Crippen MR) is 53.4 cm³/mol. The summed E-state index contributed by atoms with van der Waals surface area (Å²) in [5.41, 5.74) is -1.78. The highest BCUT2D eigenvalue weighted by Gasteiger charge is 2.33. The number of aromatic nitrogens is 1. The van der Waals surface area contributed by atoms with Crippen molar-refractivity contribution in [2.45, 2.75) is 6.36 Å². The topological polar surface area (TPSA) is 79.4 Å². The first-order valence-electron chi connectivity index (χ1n) is 3.62. The molecule has 0 aliphatic heterocycles. The fourth-order valence-electron chi connectivity index (χ4n) is 0.879. The third kappa shape index (κ3) is 2.87. The first-order chi connectivity index (χ1) is 7.22. The second-order valence-corrected chi connectivity index (χ2v) is 3.60. The van der Waals surface area contributed by atoms with Gasteiger partial charge in [-0.3, -0.25) is 4.79 Å². The van der Waals surface area contributed by atoms with E-state index in [0.717, 1.165) is 0 Å². The fraction of sp³-hybridized carbons (Fsp3) is 0.143. The number of carbonyl (C=O) groups is 1. The Bertz CT molecular complexity index is 482. The Morgan fingerprint density at radius 2 is 2.06 bits per heavy atom. The first-order valence-corrected chi connectivity index (χ1v) is 4.70. The smallest absolute Gasteiger partial charge is 0.477 e. The van der Waals surface area contributed by atoms with Crippen LogP contribution in [-0.2, 0) is 0 Å². The summed E-state index contributed by atoms with van der Waals surface area (Å²) in [5, 5.41) is 8.61. The molecule has 1 aromatic rings. The molecule has 0 aliphatic rings. The minimum atomic E-state index is -4.95. The van der Waals surface area contributed by atoms with Gasteiger partial charge in [0, 0.05) is 6.20 Å². The lowest BCUT2D eigenvalue weighted by Crippen LogP contribution is -2.23. The predicted octanol–water partition coefficient (Wildman–Crippen LogP) is 1.58. The van der Waals surface area contributed by atoms with Crippen LogP contribution < -0.4 is 10.3 Å². The number of nitrogens with one attached hydrogen (secondary N) is 1. The van der Waals surface area contributed by atoms with Crippen molar-refractivity contribution in [3.63, 3.8) is 0 Å². The lowest BCUT2D eigenvalue weighted by molar-refractivity contribution is -0.275. The highest BCUT2D eigenvalue weighted by molar-refractivity contribution is 14.1. The maximum atomic E-state index is 11.9. The van der Waals surface area contributed by atoms with Crippen molar-refractivity contribution in [3.05, 3.63) is 25.7 Å². The summed E-state index contributed by atoms with van der Waals surface area (Å²) in [4.78, 5) is 23.5. The van der Waals surface area contributed by atoms with E-state index in [-0.39, 0.29) is 0 Å². The maximum absolute atomic E-state index is 11.9. The van der Waals surface area contributed by atoms with Crippen LogP contribution >= 0.6 is 22.6 Å². The van der Waals surface area contributed by atoms with Crippen LogP contribution in [0.2, 0.25) is 0 Å². The van der Waals surface area contributed by atoms with Crippen LogP contribution in [0.4, 0.5) is 13.2 Å². The second-order valence-electron chi connectivity index (χ2n) is 2.52. The molecular formula is C7H3F3INO4. The molecule has 0 fully saturated rings. The molecule has 0 aromatic carbocycles. The Labute approximate surface area is 99.4 Å². The molecule has 0 spiro atoms. The molecule has 0 amide bonds. The Kier molecular flexibility index (Phi) is 3.45. The van der Waals surface area contributed by atoms with Gasteiger partial charge in [-0.1, -0.05) is 0 Å². The molecule has 0 radical (unpaired) electrons. The van der Waals surface area contributed by atoms with Gasteiger partial charge in [-0.25, -0.2) is 4.79 Å². The summed E-state index contributed by atoms with van der Waals surface area (Å²) < 4.78 is 38.8. The number of carboxylic acids is 1. The van der Waals surface area contributed by atoms with Gasteiger partial charge in [0.25, 0.3) is 5.56 Å². The summed E-state index contributed by atoms with van der Waals surface area (Å²) in [6.07, 6.45) is -4.29. The molecule has 0 atom stereocenters. The number of carboxylic acid groups (broad SMARTS) is 1. The van der Waals surface area contributed by atoms with Gasteiger partial charge in [-0.2, -0.15) is 0 Å². The average Bonchev–Trinajstić information content (AvgIpc) is 2.07. The van der Waals surface area contributed by atoms with Gasteiger partial charge in [0.2, 0.25) is 0 Å². The second kappa shape index (κ2) is 4.31. The van der Waals surface area contributed by atoms with E-state index in [1.54, 1.807) is 0 Å². The van der Waals surface area contributed by atoms with Crippen LogP contribution in [0.15, 0.2) is 11.0 Å². The molecule has 9 heteroatoms. The van der Waals surface area contributed by atoms with Gasteiger partial charge < -0.3 is 14.8 Å². The summed E-state index contributed by atoms with van der Waals surface area (Å²) in [6, 6.07) is 0. The Hall–Kier alpha value is -1.26. The summed E-state index contributed by atoms with van der Waals surface area (Å²) in [7, 11) is 0. The molecule has 0 aliphatic carbocycles. The number of halogens is 4. The van der Waals surface area contributed by atoms with Gasteiger partial charge in [-0.05, 0) is 22.6 Å². The molecule has 2 N–H and O–H groups in total. The molecule has 1 rings (SSSR count). The van der Waals surface area contributed by atoms with Crippen molar-refractivity contribution in [1.82, 2.24) is 4.98 Å². The Balaban J connectivity index is 3.30. The van der Waals surface area contributed by atoms with E-state index >= 15 is 0 Å². The molecular weight excluding hydrogens is 346 g/mol. The lowest BCUT2D eigenvalue weighted by Gasteiger charge is -2.10. The van der Waals surface area contributed by atoms with Crippen LogP contribution in [-0.4, -0.2) is 22.4 Å². The van der Waals surface area contributed by atoms with Gasteiger partial charge in [0.1, 0.15) is 5.56 Å². The Morgan fingerprint density at radius 3 is 2.50 bits per heavy atom. The minimum absolute atomic E-state index is 0.411. The van der Waals surface area contributed by atoms with E-state index in [4.69, 9.17) is 5.11 Å². The van der Waals surface area contributed by atoms with Crippen molar-refractivity contribution in [3.8, 4) is 5.75 Å². The number of ether oxygens (including phenoxy) is 1. The standard InChI is InChI=1S/C7H3F3INO4/c8-7(9,10)16-2-1-12-5(13)3(4(2)11)6(14)15/h1H,(H,12,13)(H,14,15). The highest BCUT2D eigenvalue weighted by atomic mass is 127. The lowest BCUT2D eigenvalue weighted by atomic mass is 10.3. The van der Waals surface area contributed by atoms with Crippen molar-refractivity contribution in [1.29, 1.82) is 0 Å². The number of rotatable bonds is 2. The number of H-pyrrole nitrogens is 1. The van der Waals surface area contributed by atoms with E-state index in [1.807, 2.05) is 4.98 Å². The zero-order valence-corrected chi connectivity index (χ0v) is 9.42. The number of aromatic carboxylic acids is 1. The molecule has 1 heterocycles. The molecule has 0 bridgehead atoms. The number of aromatic amines is 1. The molecule has 88 valence electrons. The van der Waals surface area contributed by atoms with Crippen molar-refractivity contribution < 1.29 is 27.8 Å². The summed E-state index contributed by atoms with van der Waals surface area (Å²) in [5.74, 6) is -2.39. The monoisotopic (exact) mass is 349 g/mol. The number of alkyl halides is 3. The molecule has 1 aromatic heterocycles. The maximum Gasteiger partial charge on any atom is 0.573 e. The molecule has 0 saturated carbocycles. The van der Waals surface area contributed by atoms with E-state index in [1.165, 1.54) is 22.6 Å². The van der Waals surface area contributed by atoms with Crippen LogP contribution in [0.25, 0.3) is 0 Å². The summed E-state index contributed by atoms with van der Waals surface area (Å²) in [6.45, 7) is 0. The van der Waals surface area contributed by atoms with E-state index < -0.39 is 32.8 Å². The quantitative estimate of drug-likeness (QED) is 0.795. The first kappa shape index (κ1) is 12.8. The van der Waals surface area contributed by atoms with Crippen LogP contribution in [0.5, 0.6) is 5.75 Å². The fourth-order valence-corrected chi connectivity index (χ4v) is 1.62. The van der Waals surface area contributed by atoms with Crippen LogP contribution in [0.1, 0.15) is 10.4 Å². The van der Waals surface area contributed by atoms with E-state index in [2.05, 4.69) is 4.74 Å². The third-order valence-electron chi connectivity index (χ3n) is 1.44. The van der Waals surface area contributed by atoms with Gasteiger partial charge in [-0.15, -0.1) is 13.2 Å². The molecule has 16 heavy (non-hydrogen) atoms. The van der Waals surface area contributed by atoms with Crippen LogP contribution in [0, 0.1) is 3.57 Å². The highest BCUT2D eigenvalue weighted by Crippen LogP contribution is 2.27. The van der Waals surface area contributed by atoms with Gasteiger partial charge in [0.05, 0.1) is 3.57 Å².